The number of methoxy groups -OCH3 is 1. The second-order valence-corrected chi connectivity index (χ2v) is 8.68. The molecule has 0 spiro atoms. The second kappa shape index (κ2) is 7.33. The minimum absolute atomic E-state index is 0.0395. The molecule has 2 aliphatic rings. The second-order valence-electron chi connectivity index (χ2n) is 6.79. The predicted octanol–water partition coefficient (Wildman–Crippen LogP) is 1.49. The Hall–Kier alpha value is -1.61. The lowest BCUT2D eigenvalue weighted by molar-refractivity contribution is 0.0715. The highest BCUT2D eigenvalue weighted by molar-refractivity contribution is 7.88. The van der Waals surface area contributed by atoms with Gasteiger partial charge in [0.2, 0.25) is 15.8 Å². The van der Waals surface area contributed by atoms with Crippen LogP contribution in [-0.4, -0.2) is 67.2 Å². The molecule has 140 valence electrons. The summed E-state index contributed by atoms with van der Waals surface area (Å²) in [6.07, 6.45) is 6.42. The van der Waals surface area contributed by atoms with Gasteiger partial charge < -0.3 is 14.2 Å². The molecule has 0 radical (unpaired) electrons. The van der Waals surface area contributed by atoms with Crippen LogP contribution in [0.15, 0.2) is 10.6 Å². The number of likely N-dealkylation sites (tertiary alicyclic amines) is 1. The highest BCUT2D eigenvalue weighted by atomic mass is 32.2. The quantitative estimate of drug-likeness (QED) is 0.779. The lowest BCUT2D eigenvalue weighted by Gasteiger charge is -2.40. The summed E-state index contributed by atoms with van der Waals surface area (Å²) in [7, 11) is -1.78. The molecule has 9 heteroatoms. The van der Waals surface area contributed by atoms with Gasteiger partial charge in [-0.25, -0.2) is 8.42 Å². The summed E-state index contributed by atoms with van der Waals surface area (Å²) in [5.41, 5.74) is 0. The first kappa shape index (κ1) is 18.2. The smallest absolute Gasteiger partial charge is 0.292 e. The van der Waals surface area contributed by atoms with Gasteiger partial charge in [0.05, 0.1) is 19.4 Å². The van der Waals surface area contributed by atoms with Crippen molar-refractivity contribution in [2.24, 2.45) is 0 Å². The van der Waals surface area contributed by atoms with E-state index in [9.17, 15) is 13.2 Å². The summed E-state index contributed by atoms with van der Waals surface area (Å²) in [5.74, 6) is 0.185. The molecule has 1 amide bonds. The molecule has 25 heavy (non-hydrogen) atoms. The molecule has 1 aliphatic heterocycles. The summed E-state index contributed by atoms with van der Waals surface area (Å²) in [5, 5.41) is 3.66. The molecule has 1 saturated heterocycles. The van der Waals surface area contributed by atoms with Gasteiger partial charge in [0.1, 0.15) is 0 Å². The van der Waals surface area contributed by atoms with Crippen molar-refractivity contribution < 1.29 is 22.5 Å². The van der Waals surface area contributed by atoms with Crippen LogP contribution in [0.2, 0.25) is 0 Å². The molecule has 1 saturated carbocycles. The van der Waals surface area contributed by atoms with Gasteiger partial charge in [-0.15, -0.1) is 0 Å². The molecule has 2 heterocycles. The minimum atomic E-state index is -3.25. The van der Waals surface area contributed by atoms with Gasteiger partial charge in [-0.3, -0.25) is 4.79 Å². The Morgan fingerprint density at radius 2 is 1.92 bits per heavy atom. The van der Waals surface area contributed by atoms with E-state index in [2.05, 4.69) is 5.16 Å². The third kappa shape index (κ3) is 3.98. The Kier molecular flexibility index (Phi) is 5.33. The van der Waals surface area contributed by atoms with E-state index in [-0.39, 0.29) is 29.6 Å². The summed E-state index contributed by atoms with van der Waals surface area (Å²) in [4.78, 5) is 14.3. The Morgan fingerprint density at radius 3 is 2.48 bits per heavy atom. The van der Waals surface area contributed by atoms with Crippen LogP contribution >= 0.6 is 0 Å². The molecule has 0 N–H and O–H groups in total. The molecular weight excluding hydrogens is 346 g/mol. The average Bonchev–Trinajstić information content (AvgIpc) is 2.87. The molecule has 8 nitrogen and oxygen atoms in total. The molecule has 2 fully saturated rings. The van der Waals surface area contributed by atoms with E-state index in [1.807, 2.05) is 0 Å². The molecule has 1 aliphatic carbocycles. The number of hydrogen-bond donors (Lipinski definition) is 0. The molecule has 0 aromatic carbocycles. The van der Waals surface area contributed by atoms with E-state index < -0.39 is 10.0 Å². The van der Waals surface area contributed by atoms with Crippen molar-refractivity contribution in [2.45, 2.75) is 50.6 Å². The van der Waals surface area contributed by atoms with Crippen LogP contribution in [0.5, 0.6) is 5.88 Å². The van der Waals surface area contributed by atoms with Gasteiger partial charge >= 0.3 is 0 Å². The van der Waals surface area contributed by atoms with E-state index in [1.165, 1.54) is 19.4 Å². The average molecular weight is 371 g/mol. The lowest BCUT2D eigenvalue weighted by Crippen LogP contribution is -2.50. The zero-order chi connectivity index (χ0) is 18.0. The fraction of sp³-hybridized carbons (Fsp3) is 0.750. The summed E-state index contributed by atoms with van der Waals surface area (Å²) >= 11 is 0. The van der Waals surface area contributed by atoms with Crippen molar-refractivity contribution in [3.8, 4) is 5.88 Å². The predicted molar refractivity (Wildman–Crippen MR) is 90.9 cm³/mol. The van der Waals surface area contributed by atoms with Crippen LogP contribution in [0.4, 0.5) is 0 Å². The number of carbonyl (C=O) groups excluding carboxylic acids is 1. The molecule has 1 atom stereocenters. The fourth-order valence-corrected chi connectivity index (χ4v) is 5.13. The normalized spacial score (nSPS) is 22.5. The van der Waals surface area contributed by atoms with Gasteiger partial charge in [0.25, 0.3) is 11.8 Å². The summed E-state index contributed by atoms with van der Waals surface area (Å²) in [6.45, 7) is 1.09. The number of rotatable bonds is 5. The monoisotopic (exact) mass is 371 g/mol. The van der Waals surface area contributed by atoms with Crippen molar-refractivity contribution in [1.82, 2.24) is 14.4 Å². The minimum Gasteiger partial charge on any atom is -0.479 e. The first-order valence-electron chi connectivity index (χ1n) is 8.68. The lowest BCUT2D eigenvalue weighted by atomic mass is 9.91. The van der Waals surface area contributed by atoms with Crippen LogP contribution in [0.25, 0.3) is 0 Å². The maximum absolute atomic E-state index is 12.6. The highest BCUT2D eigenvalue weighted by Crippen LogP contribution is 2.32. The van der Waals surface area contributed by atoms with Gasteiger partial charge in [0.15, 0.2) is 0 Å². The van der Waals surface area contributed by atoms with E-state index in [4.69, 9.17) is 9.26 Å². The number of ether oxygens (including phenoxy) is 1. The third-order valence-corrected chi connectivity index (χ3v) is 6.43. The zero-order valence-electron chi connectivity index (χ0n) is 14.7. The standard InChI is InChI=1S/C16H25N3O5S/c1-23-15-11-14(24-17-15)16(20)18-9-4-7-13(8-10-18)19(25(2,21)22)12-5-3-6-12/h11-13H,3-10H2,1-2H3/t13-/m0/s1. The van der Waals surface area contributed by atoms with E-state index in [1.54, 1.807) is 9.21 Å². The Balaban J connectivity index is 1.68. The Labute approximate surface area is 148 Å². The first-order valence-corrected chi connectivity index (χ1v) is 10.5. The van der Waals surface area contributed by atoms with Gasteiger partial charge in [-0.2, -0.15) is 4.31 Å². The number of amides is 1. The molecule has 1 aromatic rings. The number of aromatic nitrogens is 1. The number of sulfonamides is 1. The largest absolute Gasteiger partial charge is 0.479 e. The van der Waals surface area contributed by atoms with Crippen molar-refractivity contribution in [3.05, 3.63) is 11.8 Å². The maximum atomic E-state index is 12.6. The SMILES string of the molecule is COc1cc(C(=O)N2CCC[C@H](N(C3CCC3)S(C)(=O)=O)CC2)on1. The molecule has 0 unspecified atom stereocenters. The highest BCUT2D eigenvalue weighted by Gasteiger charge is 2.38. The van der Waals surface area contributed by atoms with Crippen molar-refractivity contribution in [1.29, 1.82) is 0 Å². The zero-order valence-corrected chi connectivity index (χ0v) is 15.5. The third-order valence-electron chi connectivity index (χ3n) is 5.07. The van der Waals surface area contributed by atoms with Crippen LogP contribution < -0.4 is 4.74 Å². The van der Waals surface area contributed by atoms with Crippen molar-refractivity contribution in [2.75, 3.05) is 26.5 Å². The van der Waals surface area contributed by atoms with E-state index in [0.29, 0.717) is 19.5 Å². The van der Waals surface area contributed by atoms with E-state index in [0.717, 1.165) is 32.1 Å². The van der Waals surface area contributed by atoms with Crippen LogP contribution in [0.3, 0.4) is 0 Å². The summed E-state index contributed by atoms with van der Waals surface area (Å²) in [6, 6.07) is 1.56. The van der Waals surface area contributed by atoms with Gasteiger partial charge in [-0.05, 0) is 37.3 Å². The van der Waals surface area contributed by atoms with Gasteiger partial charge in [-0.1, -0.05) is 6.42 Å². The first-order chi connectivity index (χ1) is 11.9. The molecular formula is C16H25N3O5S. The Bertz CT molecular complexity index is 713. The molecule has 1 aromatic heterocycles. The molecule has 3 rings (SSSR count). The number of nitrogens with zero attached hydrogens (tertiary/aromatic N) is 3. The maximum Gasteiger partial charge on any atom is 0.292 e. The summed E-state index contributed by atoms with van der Waals surface area (Å²) < 4.78 is 36.2. The molecule has 0 bridgehead atoms. The van der Waals surface area contributed by atoms with E-state index >= 15 is 0 Å². The number of carbonyl (C=O) groups is 1. The van der Waals surface area contributed by atoms with Crippen molar-refractivity contribution >= 4 is 15.9 Å². The van der Waals surface area contributed by atoms with Crippen molar-refractivity contribution in [3.63, 3.8) is 0 Å². The fourth-order valence-electron chi connectivity index (χ4n) is 3.63. The Morgan fingerprint density at radius 1 is 1.24 bits per heavy atom. The number of hydrogen-bond acceptors (Lipinski definition) is 6. The van der Waals surface area contributed by atoms with Crippen LogP contribution in [0.1, 0.15) is 49.1 Å². The van der Waals surface area contributed by atoms with Gasteiger partial charge in [0, 0.05) is 25.2 Å². The topological polar surface area (TPSA) is 93.0 Å². The van der Waals surface area contributed by atoms with Crippen LogP contribution in [-0.2, 0) is 10.0 Å². The van der Waals surface area contributed by atoms with Crippen LogP contribution in [0, 0.1) is 0 Å².